The van der Waals surface area contributed by atoms with Gasteiger partial charge in [0.2, 0.25) is 0 Å². The number of nitrogens with zero attached hydrogens (tertiary/aromatic N) is 1. The number of hydrogen-bond donors (Lipinski definition) is 0. The van der Waals surface area contributed by atoms with E-state index in [2.05, 4.69) is 9.64 Å². The summed E-state index contributed by atoms with van der Waals surface area (Å²) < 4.78 is 21.2. The van der Waals surface area contributed by atoms with Gasteiger partial charge in [-0.25, -0.2) is 4.79 Å². The molecule has 0 N–H and O–H groups in total. The molecule has 7 heteroatoms. The molecule has 0 saturated heterocycles. The fourth-order valence-corrected chi connectivity index (χ4v) is 3.28. The lowest BCUT2D eigenvalue weighted by Crippen LogP contribution is -2.34. The van der Waals surface area contributed by atoms with Gasteiger partial charge in [0.15, 0.2) is 0 Å². The highest BCUT2D eigenvalue weighted by molar-refractivity contribution is 5.88. The van der Waals surface area contributed by atoms with Crippen molar-refractivity contribution in [3.63, 3.8) is 0 Å². The minimum atomic E-state index is -0.513. The Morgan fingerprint density at radius 3 is 2.73 bits per heavy atom. The minimum absolute atomic E-state index is 0.104. The Hall–Kier alpha value is -2.38. The molecule has 0 amide bonds. The molecular formula is C19H23NO6. The van der Waals surface area contributed by atoms with E-state index in [0.717, 1.165) is 40.9 Å². The van der Waals surface area contributed by atoms with Crippen molar-refractivity contribution in [2.45, 2.75) is 26.8 Å². The number of methoxy groups -OCH3 is 2. The van der Waals surface area contributed by atoms with E-state index in [-0.39, 0.29) is 6.42 Å². The van der Waals surface area contributed by atoms with Crippen LogP contribution in [0, 0.1) is 13.8 Å². The summed E-state index contributed by atoms with van der Waals surface area (Å²) in [6.07, 6.45) is -0.104. The van der Waals surface area contributed by atoms with Gasteiger partial charge in [0.25, 0.3) is 0 Å². The Morgan fingerprint density at radius 1 is 1.27 bits per heavy atom. The number of ether oxygens (including phenoxy) is 3. The van der Waals surface area contributed by atoms with E-state index in [9.17, 15) is 9.59 Å². The highest BCUT2D eigenvalue weighted by atomic mass is 16.5. The van der Waals surface area contributed by atoms with Crippen LogP contribution in [0.3, 0.4) is 0 Å². The first kappa shape index (κ1) is 18.4. The highest BCUT2D eigenvalue weighted by Gasteiger charge is 2.24. The summed E-state index contributed by atoms with van der Waals surface area (Å²) in [6.45, 7) is 6.29. The third-order valence-electron chi connectivity index (χ3n) is 4.78. The van der Waals surface area contributed by atoms with Gasteiger partial charge in [0.1, 0.15) is 18.1 Å². The van der Waals surface area contributed by atoms with Crippen LogP contribution in [-0.4, -0.2) is 45.0 Å². The van der Waals surface area contributed by atoms with Crippen molar-refractivity contribution in [3.8, 4) is 5.75 Å². The third-order valence-corrected chi connectivity index (χ3v) is 4.78. The molecule has 7 nitrogen and oxygen atoms in total. The van der Waals surface area contributed by atoms with E-state index in [1.54, 1.807) is 7.11 Å². The number of carbonyl (C=O) groups excluding carboxylic acids is 1. The van der Waals surface area contributed by atoms with Gasteiger partial charge >= 0.3 is 11.6 Å². The molecule has 0 fully saturated rings. The van der Waals surface area contributed by atoms with Crippen molar-refractivity contribution in [2.75, 3.05) is 34.1 Å². The second kappa shape index (κ2) is 7.47. The van der Waals surface area contributed by atoms with Crippen LogP contribution in [0.2, 0.25) is 0 Å². The fraction of sp³-hybridized carbons (Fsp3) is 0.474. The fourth-order valence-electron chi connectivity index (χ4n) is 3.28. The van der Waals surface area contributed by atoms with E-state index in [1.165, 1.54) is 7.11 Å². The van der Waals surface area contributed by atoms with Gasteiger partial charge in [0.05, 0.1) is 25.7 Å². The highest BCUT2D eigenvalue weighted by Crippen LogP contribution is 2.36. The molecule has 2 aromatic rings. The molecule has 0 aliphatic carbocycles. The van der Waals surface area contributed by atoms with Crippen molar-refractivity contribution < 1.29 is 23.4 Å². The van der Waals surface area contributed by atoms with Gasteiger partial charge in [-0.15, -0.1) is 0 Å². The van der Waals surface area contributed by atoms with Crippen molar-refractivity contribution in [3.05, 3.63) is 38.7 Å². The van der Waals surface area contributed by atoms with Gasteiger partial charge in [-0.2, -0.15) is 0 Å². The summed E-state index contributed by atoms with van der Waals surface area (Å²) >= 11 is 0. The van der Waals surface area contributed by atoms with Crippen molar-refractivity contribution in [2.24, 2.45) is 0 Å². The Morgan fingerprint density at radius 2 is 2.04 bits per heavy atom. The van der Waals surface area contributed by atoms with Crippen LogP contribution >= 0.6 is 0 Å². The number of fused-ring (bicyclic) bond motifs is 2. The van der Waals surface area contributed by atoms with Gasteiger partial charge in [-0.1, -0.05) is 0 Å². The SMILES string of the molecule is COCCN1COc2c(cc3c(C)c(CC(=O)OC)c(=O)oc3c2C)C1. The second-order valence-electron chi connectivity index (χ2n) is 6.43. The predicted octanol–water partition coefficient (Wildman–Crippen LogP) is 1.92. The molecule has 0 atom stereocenters. The van der Waals surface area contributed by atoms with Gasteiger partial charge in [-0.3, -0.25) is 9.69 Å². The molecular weight excluding hydrogens is 338 g/mol. The summed E-state index contributed by atoms with van der Waals surface area (Å²) in [5, 5.41) is 0.817. The van der Waals surface area contributed by atoms with Crippen molar-refractivity contribution in [1.29, 1.82) is 0 Å². The Balaban J connectivity index is 2.08. The maximum atomic E-state index is 12.4. The molecule has 0 spiro atoms. The van der Waals surface area contributed by atoms with Crippen molar-refractivity contribution >= 4 is 16.9 Å². The molecule has 1 aromatic heterocycles. The maximum Gasteiger partial charge on any atom is 0.340 e. The average Bonchev–Trinajstić information content (AvgIpc) is 2.64. The molecule has 1 aromatic carbocycles. The molecule has 0 unspecified atom stereocenters. The third kappa shape index (κ3) is 3.32. The molecule has 140 valence electrons. The van der Waals surface area contributed by atoms with E-state index in [4.69, 9.17) is 13.9 Å². The van der Waals surface area contributed by atoms with E-state index in [0.29, 0.717) is 24.5 Å². The van der Waals surface area contributed by atoms with Crippen molar-refractivity contribution in [1.82, 2.24) is 4.90 Å². The summed E-state index contributed by atoms with van der Waals surface area (Å²) in [6, 6.07) is 1.98. The molecule has 26 heavy (non-hydrogen) atoms. The number of esters is 1. The summed E-state index contributed by atoms with van der Waals surface area (Å²) in [5.74, 6) is 0.290. The molecule has 1 aliphatic rings. The summed E-state index contributed by atoms with van der Waals surface area (Å²) in [5.41, 5.74) is 2.89. The van der Waals surface area contributed by atoms with Crippen LogP contribution in [0.15, 0.2) is 15.3 Å². The molecule has 2 heterocycles. The van der Waals surface area contributed by atoms with E-state index >= 15 is 0 Å². The minimum Gasteiger partial charge on any atom is -0.477 e. The Kier molecular flexibility index (Phi) is 5.29. The summed E-state index contributed by atoms with van der Waals surface area (Å²) in [4.78, 5) is 26.1. The first-order valence-electron chi connectivity index (χ1n) is 8.46. The molecule has 1 aliphatic heterocycles. The van der Waals surface area contributed by atoms with E-state index < -0.39 is 11.6 Å². The average molecular weight is 361 g/mol. The van der Waals surface area contributed by atoms with Gasteiger partial charge in [-0.05, 0) is 25.5 Å². The monoisotopic (exact) mass is 361 g/mol. The van der Waals surface area contributed by atoms with E-state index in [1.807, 2.05) is 19.9 Å². The summed E-state index contributed by atoms with van der Waals surface area (Å²) in [7, 11) is 2.97. The van der Waals surface area contributed by atoms with Gasteiger partial charge in [0, 0.05) is 36.7 Å². The molecule has 3 rings (SSSR count). The zero-order valence-corrected chi connectivity index (χ0v) is 15.5. The first-order valence-corrected chi connectivity index (χ1v) is 8.46. The van der Waals surface area contributed by atoms with Crippen LogP contribution in [0.5, 0.6) is 5.75 Å². The Bertz CT molecular complexity index is 901. The second-order valence-corrected chi connectivity index (χ2v) is 6.43. The van der Waals surface area contributed by atoms with Crippen LogP contribution < -0.4 is 10.4 Å². The van der Waals surface area contributed by atoms with Crippen LogP contribution in [0.1, 0.15) is 22.3 Å². The number of aryl methyl sites for hydroxylation is 2. The molecule has 0 radical (unpaired) electrons. The maximum absolute atomic E-state index is 12.4. The predicted molar refractivity (Wildman–Crippen MR) is 95.5 cm³/mol. The lowest BCUT2D eigenvalue weighted by molar-refractivity contribution is -0.139. The van der Waals surface area contributed by atoms with Crippen LogP contribution in [-0.2, 0) is 27.2 Å². The zero-order chi connectivity index (χ0) is 18.8. The number of hydrogen-bond acceptors (Lipinski definition) is 7. The standard InChI is InChI=1S/C19H23NO6/c1-11-14-7-13-9-20(5-6-23-3)10-25-17(13)12(2)18(14)26-19(22)15(11)8-16(21)24-4/h7H,5-6,8-10H2,1-4H3. The smallest absolute Gasteiger partial charge is 0.340 e. The first-order chi connectivity index (χ1) is 12.5. The largest absolute Gasteiger partial charge is 0.477 e. The lowest BCUT2D eigenvalue weighted by Gasteiger charge is -2.30. The number of benzene rings is 1. The topological polar surface area (TPSA) is 78.2 Å². The normalized spacial score (nSPS) is 14.2. The van der Waals surface area contributed by atoms with Crippen LogP contribution in [0.4, 0.5) is 0 Å². The quantitative estimate of drug-likeness (QED) is 0.595. The Labute approximate surface area is 151 Å². The zero-order valence-electron chi connectivity index (χ0n) is 15.5. The lowest BCUT2D eigenvalue weighted by atomic mass is 9.98. The molecule has 0 saturated carbocycles. The molecule has 0 bridgehead atoms. The van der Waals surface area contributed by atoms with Crippen LogP contribution in [0.25, 0.3) is 11.0 Å². The number of rotatable bonds is 5. The van der Waals surface area contributed by atoms with Gasteiger partial charge < -0.3 is 18.6 Å². The number of carbonyl (C=O) groups is 1.